The summed E-state index contributed by atoms with van der Waals surface area (Å²) < 4.78 is 23.5. The molecule has 0 saturated carbocycles. The fourth-order valence-electron chi connectivity index (χ4n) is 1.80. The first-order chi connectivity index (χ1) is 9.27. The molecule has 0 spiro atoms. The van der Waals surface area contributed by atoms with Gasteiger partial charge in [0.1, 0.15) is 0 Å². The Morgan fingerprint density at radius 2 is 2.05 bits per heavy atom. The summed E-state index contributed by atoms with van der Waals surface area (Å²) in [5.41, 5.74) is 2.75. The second-order valence-corrected chi connectivity index (χ2v) is 7.68. The average molecular weight is 331 g/mol. The van der Waals surface area contributed by atoms with Gasteiger partial charge in [0.2, 0.25) is 10.0 Å². The van der Waals surface area contributed by atoms with Crippen LogP contribution in [0.4, 0.5) is 5.69 Å². The van der Waals surface area contributed by atoms with Gasteiger partial charge in [0.25, 0.3) is 0 Å². The van der Waals surface area contributed by atoms with Crippen molar-refractivity contribution in [3.05, 3.63) is 45.1 Å². The Morgan fingerprint density at radius 3 is 2.60 bits per heavy atom. The molecule has 0 bridgehead atoms. The van der Waals surface area contributed by atoms with Crippen LogP contribution in [-0.2, 0) is 10.0 Å². The van der Waals surface area contributed by atoms with E-state index < -0.39 is 10.0 Å². The minimum Gasteiger partial charge on any atom is -0.378 e. The molecule has 1 aromatic carbocycles. The van der Waals surface area contributed by atoms with Gasteiger partial charge in [-0.2, -0.15) is 0 Å². The van der Waals surface area contributed by atoms with Gasteiger partial charge in [0.05, 0.1) is 9.23 Å². The molecule has 0 aliphatic carbocycles. The van der Waals surface area contributed by atoms with E-state index in [0.717, 1.165) is 21.2 Å². The molecule has 0 radical (unpaired) electrons. The number of nitrogens with one attached hydrogen (secondary N) is 1. The molecule has 3 N–H and O–H groups in total. The number of primary sulfonamides is 1. The number of benzene rings is 1. The molecule has 2 rings (SSSR count). The van der Waals surface area contributed by atoms with Crippen molar-refractivity contribution in [2.24, 2.45) is 5.14 Å². The van der Waals surface area contributed by atoms with Gasteiger partial charge < -0.3 is 5.32 Å². The van der Waals surface area contributed by atoms with E-state index in [1.165, 1.54) is 17.4 Å². The molecule has 0 saturated heterocycles. The van der Waals surface area contributed by atoms with Gasteiger partial charge >= 0.3 is 0 Å². The van der Waals surface area contributed by atoms with Gasteiger partial charge in [-0.25, -0.2) is 13.6 Å². The summed E-state index contributed by atoms with van der Waals surface area (Å²) in [6, 6.07) is 6.70. The number of hydrogen-bond acceptors (Lipinski definition) is 4. The lowest BCUT2D eigenvalue weighted by atomic mass is 10.1. The maximum absolute atomic E-state index is 11.4. The second-order valence-electron chi connectivity index (χ2n) is 4.57. The number of thiophene rings is 1. The first-order valence-electron chi connectivity index (χ1n) is 5.91. The van der Waals surface area contributed by atoms with Crippen molar-refractivity contribution in [3.63, 3.8) is 0 Å². The Bertz CT molecular complexity index is 726. The second kappa shape index (κ2) is 5.73. The highest BCUT2D eigenvalue weighted by molar-refractivity contribution is 7.89. The molecule has 1 heterocycles. The number of sulfonamides is 1. The summed E-state index contributed by atoms with van der Waals surface area (Å²) in [6.45, 7) is 3.89. The Labute approximate surface area is 127 Å². The van der Waals surface area contributed by atoms with Gasteiger partial charge in [-0.3, -0.25) is 0 Å². The maximum Gasteiger partial charge on any atom is 0.238 e. The van der Waals surface area contributed by atoms with Crippen molar-refractivity contribution in [1.29, 1.82) is 0 Å². The molecule has 4 nitrogen and oxygen atoms in total. The van der Waals surface area contributed by atoms with Gasteiger partial charge in [-0.1, -0.05) is 17.7 Å². The van der Waals surface area contributed by atoms with Crippen molar-refractivity contribution >= 4 is 38.6 Å². The molecular weight excluding hydrogens is 316 g/mol. The lowest BCUT2D eigenvalue weighted by Crippen LogP contribution is -2.13. The first-order valence-corrected chi connectivity index (χ1v) is 8.71. The highest BCUT2D eigenvalue weighted by atomic mass is 35.5. The lowest BCUT2D eigenvalue weighted by Gasteiger charge is -2.17. The minimum atomic E-state index is -3.70. The quantitative estimate of drug-likeness (QED) is 0.900. The summed E-state index contributed by atoms with van der Waals surface area (Å²) in [4.78, 5) is 0.0983. The zero-order chi connectivity index (χ0) is 14.9. The largest absolute Gasteiger partial charge is 0.378 e. The molecule has 0 aliphatic rings. The van der Waals surface area contributed by atoms with Crippen LogP contribution in [0.3, 0.4) is 0 Å². The topological polar surface area (TPSA) is 72.2 Å². The molecule has 20 heavy (non-hydrogen) atoms. The average Bonchev–Trinajstić information content (AvgIpc) is 2.77. The Morgan fingerprint density at radius 1 is 1.35 bits per heavy atom. The van der Waals surface area contributed by atoms with Crippen LogP contribution in [0.25, 0.3) is 0 Å². The fraction of sp³-hybridized carbons (Fsp3) is 0.231. The smallest absolute Gasteiger partial charge is 0.238 e. The van der Waals surface area contributed by atoms with Crippen LogP contribution in [0.2, 0.25) is 4.34 Å². The number of hydrogen-bond donors (Lipinski definition) is 2. The standard InChI is InChI=1S/C13H15ClN2O2S2/c1-8-3-4-11(20(15,17)18)6-12(8)16-9(2)10-5-13(14)19-7-10/h3-7,9,16H,1-2H3,(H2,15,17,18). The van der Waals surface area contributed by atoms with Crippen molar-refractivity contribution in [3.8, 4) is 0 Å². The Kier molecular flexibility index (Phi) is 4.39. The van der Waals surface area contributed by atoms with E-state index in [4.69, 9.17) is 16.7 Å². The van der Waals surface area contributed by atoms with Crippen LogP contribution in [-0.4, -0.2) is 8.42 Å². The minimum absolute atomic E-state index is 0.0215. The van der Waals surface area contributed by atoms with E-state index in [2.05, 4.69) is 5.32 Å². The maximum atomic E-state index is 11.4. The monoisotopic (exact) mass is 330 g/mol. The Hall–Kier alpha value is -1.08. The van der Waals surface area contributed by atoms with Gasteiger partial charge in [0, 0.05) is 11.7 Å². The van der Waals surface area contributed by atoms with E-state index in [-0.39, 0.29) is 10.9 Å². The summed E-state index contributed by atoms with van der Waals surface area (Å²) in [7, 11) is -3.70. The predicted octanol–water partition coefficient (Wildman–Crippen LogP) is 3.53. The summed E-state index contributed by atoms with van der Waals surface area (Å²) in [6.07, 6.45) is 0. The van der Waals surface area contributed by atoms with Crippen molar-refractivity contribution in [1.82, 2.24) is 0 Å². The zero-order valence-corrected chi connectivity index (χ0v) is 13.4. The summed E-state index contributed by atoms with van der Waals surface area (Å²) in [5, 5.41) is 10.4. The third-order valence-electron chi connectivity index (χ3n) is 3.00. The van der Waals surface area contributed by atoms with E-state index >= 15 is 0 Å². The molecule has 0 fully saturated rings. The molecule has 0 amide bonds. The number of nitrogens with two attached hydrogens (primary N) is 1. The number of aryl methyl sites for hydroxylation is 1. The van der Waals surface area contributed by atoms with Crippen LogP contribution in [0, 0.1) is 6.92 Å². The third kappa shape index (κ3) is 3.52. The van der Waals surface area contributed by atoms with Crippen LogP contribution < -0.4 is 10.5 Å². The van der Waals surface area contributed by atoms with Crippen LogP contribution >= 0.6 is 22.9 Å². The van der Waals surface area contributed by atoms with Gasteiger partial charge in [-0.05, 0) is 48.6 Å². The summed E-state index contributed by atoms with van der Waals surface area (Å²) >= 11 is 7.38. The van der Waals surface area contributed by atoms with E-state index in [9.17, 15) is 8.42 Å². The van der Waals surface area contributed by atoms with Crippen LogP contribution in [0.5, 0.6) is 0 Å². The highest BCUT2D eigenvalue weighted by Crippen LogP contribution is 2.29. The fourth-order valence-corrected chi connectivity index (χ4v) is 3.33. The van der Waals surface area contributed by atoms with E-state index in [1.54, 1.807) is 12.1 Å². The molecule has 0 aliphatic heterocycles. The van der Waals surface area contributed by atoms with Crippen LogP contribution in [0.1, 0.15) is 24.1 Å². The molecule has 2 aromatic rings. The number of anilines is 1. The first kappa shape index (κ1) is 15.3. The lowest BCUT2D eigenvalue weighted by molar-refractivity contribution is 0.598. The SMILES string of the molecule is Cc1ccc(S(N)(=O)=O)cc1NC(C)c1csc(Cl)c1. The number of rotatable bonds is 4. The predicted molar refractivity (Wildman–Crippen MR) is 83.9 cm³/mol. The molecule has 1 atom stereocenters. The van der Waals surface area contributed by atoms with Crippen LogP contribution in [0.15, 0.2) is 34.5 Å². The molecule has 7 heteroatoms. The molecule has 108 valence electrons. The Balaban J connectivity index is 2.29. The van der Waals surface area contributed by atoms with Crippen molar-refractivity contribution in [2.45, 2.75) is 24.8 Å². The van der Waals surface area contributed by atoms with Crippen molar-refractivity contribution in [2.75, 3.05) is 5.32 Å². The van der Waals surface area contributed by atoms with E-state index in [0.29, 0.717) is 0 Å². The highest BCUT2D eigenvalue weighted by Gasteiger charge is 2.13. The normalized spacial score (nSPS) is 13.2. The van der Waals surface area contributed by atoms with E-state index in [1.807, 2.05) is 25.3 Å². The molecular formula is C13H15ClN2O2S2. The molecule has 1 unspecified atom stereocenters. The summed E-state index contributed by atoms with van der Waals surface area (Å²) in [5.74, 6) is 0. The number of halogens is 1. The van der Waals surface area contributed by atoms with Gasteiger partial charge in [0.15, 0.2) is 0 Å². The van der Waals surface area contributed by atoms with Crippen molar-refractivity contribution < 1.29 is 8.42 Å². The zero-order valence-electron chi connectivity index (χ0n) is 11.1. The third-order valence-corrected chi connectivity index (χ3v) is 5.02. The van der Waals surface area contributed by atoms with Gasteiger partial charge in [-0.15, -0.1) is 11.3 Å². The molecule has 1 aromatic heterocycles.